The van der Waals surface area contributed by atoms with Crippen molar-refractivity contribution >= 4 is 32.5 Å². The average Bonchev–Trinajstić information content (AvgIpc) is 2.68. The van der Waals surface area contributed by atoms with E-state index in [1.165, 1.54) is 38.2 Å². The van der Waals surface area contributed by atoms with E-state index in [-0.39, 0.29) is 5.63 Å². The van der Waals surface area contributed by atoms with E-state index in [1.54, 1.807) is 6.92 Å². The predicted molar refractivity (Wildman–Crippen MR) is 123 cm³/mol. The van der Waals surface area contributed by atoms with Crippen LogP contribution in [0.15, 0.2) is 82.0 Å². The van der Waals surface area contributed by atoms with Crippen LogP contribution < -0.4 is 5.63 Å². The quantitative estimate of drug-likeness (QED) is 0.213. The third-order valence-electron chi connectivity index (χ3n) is 5.17. The molecule has 0 amide bonds. The van der Waals surface area contributed by atoms with E-state index in [4.69, 9.17) is 4.42 Å². The Bertz CT molecular complexity index is 1350. The van der Waals surface area contributed by atoms with Crippen LogP contribution in [-0.4, -0.2) is 0 Å². The summed E-state index contributed by atoms with van der Waals surface area (Å²) in [6, 6.07) is 25.4. The minimum absolute atomic E-state index is 0.253. The summed E-state index contributed by atoms with van der Waals surface area (Å²) in [5, 5.41) is 6.29. The summed E-state index contributed by atoms with van der Waals surface area (Å²) in [5.41, 5.74) is 4.86. The first kappa shape index (κ1) is 18.9. The summed E-state index contributed by atoms with van der Waals surface area (Å²) >= 11 is 0. The Labute approximate surface area is 170 Å². The van der Waals surface area contributed by atoms with E-state index < -0.39 is 0 Å². The normalized spacial score (nSPS) is 10.9. The van der Waals surface area contributed by atoms with Gasteiger partial charge in [-0.2, -0.15) is 0 Å². The first-order valence-corrected chi connectivity index (χ1v) is 9.81. The molecule has 0 aliphatic heterocycles. The topological polar surface area (TPSA) is 30.2 Å². The van der Waals surface area contributed by atoms with Crippen LogP contribution in [0.2, 0.25) is 0 Å². The van der Waals surface area contributed by atoms with Gasteiger partial charge in [-0.15, -0.1) is 0 Å². The third kappa shape index (κ3) is 4.07. The molecule has 5 rings (SSSR count). The first-order chi connectivity index (χ1) is 13.9. The molecule has 0 bridgehead atoms. The van der Waals surface area contributed by atoms with Crippen LogP contribution in [-0.2, 0) is 0 Å². The molecule has 0 saturated heterocycles. The largest absolute Gasteiger partial charge is 0.423 e. The molecule has 0 aliphatic rings. The number of aryl methyl sites for hydroxylation is 4. The fourth-order valence-electron chi connectivity index (χ4n) is 3.58. The molecule has 0 spiro atoms. The van der Waals surface area contributed by atoms with Gasteiger partial charge >= 0.3 is 5.63 Å². The van der Waals surface area contributed by atoms with Crippen LogP contribution in [0.3, 0.4) is 0 Å². The van der Waals surface area contributed by atoms with Gasteiger partial charge in [0.25, 0.3) is 0 Å². The zero-order valence-electron chi connectivity index (χ0n) is 17.2. The molecule has 0 atom stereocenters. The minimum Gasteiger partial charge on any atom is -0.423 e. The SMILES string of the molecule is Cc1ccc2cc3ccc(C)cc3cc2c1.Cc1ccc2oc(=O)c(C)cc2c1. The molecule has 144 valence electrons. The molecule has 0 N–H and O–H groups in total. The first-order valence-electron chi connectivity index (χ1n) is 9.81. The standard InChI is InChI=1S/C16H14.C11H10O2/c1-11-3-5-13-9-14-6-4-12(2)8-16(14)10-15(13)7-11;1-7-3-4-10-9(5-7)6-8(2)11(12)13-10/h3-10H,1-2H3;3-6H,1-2H3. The average molecular weight is 380 g/mol. The maximum atomic E-state index is 11.2. The van der Waals surface area contributed by atoms with Crippen molar-refractivity contribution in [2.24, 2.45) is 0 Å². The number of benzene rings is 4. The van der Waals surface area contributed by atoms with E-state index in [0.29, 0.717) is 11.1 Å². The number of rotatable bonds is 0. The molecule has 0 radical (unpaired) electrons. The van der Waals surface area contributed by atoms with Crippen molar-refractivity contribution in [2.75, 3.05) is 0 Å². The van der Waals surface area contributed by atoms with Crippen molar-refractivity contribution in [1.29, 1.82) is 0 Å². The fourth-order valence-corrected chi connectivity index (χ4v) is 3.58. The van der Waals surface area contributed by atoms with Crippen LogP contribution in [0, 0.1) is 27.7 Å². The second-order valence-electron chi connectivity index (χ2n) is 7.81. The minimum atomic E-state index is -0.253. The van der Waals surface area contributed by atoms with E-state index in [1.807, 2.05) is 31.2 Å². The highest BCUT2D eigenvalue weighted by molar-refractivity contribution is 5.98. The second kappa shape index (κ2) is 7.56. The summed E-state index contributed by atoms with van der Waals surface area (Å²) < 4.78 is 5.09. The van der Waals surface area contributed by atoms with E-state index in [9.17, 15) is 4.79 Å². The van der Waals surface area contributed by atoms with Crippen LogP contribution >= 0.6 is 0 Å². The Balaban J connectivity index is 0.000000145. The molecule has 5 aromatic rings. The van der Waals surface area contributed by atoms with Crippen LogP contribution in [0.1, 0.15) is 22.3 Å². The number of hydrogen-bond acceptors (Lipinski definition) is 2. The molecule has 0 saturated carbocycles. The summed E-state index contributed by atoms with van der Waals surface area (Å²) in [7, 11) is 0. The van der Waals surface area contributed by atoms with Gasteiger partial charge in [-0.25, -0.2) is 4.79 Å². The summed E-state index contributed by atoms with van der Waals surface area (Å²) in [4.78, 5) is 11.2. The highest BCUT2D eigenvalue weighted by atomic mass is 16.4. The highest BCUT2D eigenvalue weighted by Crippen LogP contribution is 2.24. The molecule has 2 nitrogen and oxygen atoms in total. The van der Waals surface area contributed by atoms with Gasteiger partial charge in [-0.1, -0.05) is 59.2 Å². The lowest BCUT2D eigenvalue weighted by Crippen LogP contribution is -2.01. The summed E-state index contributed by atoms with van der Waals surface area (Å²) in [5.74, 6) is 0. The van der Waals surface area contributed by atoms with Gasteiger partial charge in [0.15, 0.2) is 0 Å². The summed E-state index contributed by atoms with van der Waals surface area (Å²) in [6.07, 6.45) is 0. The maximum Gasteiger partial charge on any atom is 0.339 e. The molecule has 0 aliphatic carbocycles. The van der Waals surface area contributed by atoms with Crippen LogP contribution in [0.25, 0.3) is 32.5 Å². The van der Waals surface area contributed by atoms with Crippen molar-refractivity contribution in [3.63, 3.8) is 0 Å². The molecule has 1 heterocycles. The van der Waals surface area contributed by atoms with Gasteiger partial charge in [-0.3, -0.25) is 0 Å². The highest BCUT2D eigenvalue weighted by Gasteiger charge is 2.00. The maximum absolute atomic E-state index is 11.2. The summed E-state index contributed by atoms with van der Waals surface area (Å²) in [6.45, 7) is 8.05. The van der Waals surface area contributed by atoms with Crippen LogP contribution in [0.5, 0.6) is 0 Å². The molecule has 4 aromatic carbocycles. The predicted octanol–water partition coefficient (Wildman–Crippen LogP) is 7.02. The molecule has 2 heteroatoms. The lowest BCUT2D eigenvalue weighted by atomic mass is 10.0. The zero-order chi connectivity index (χ0) is 20.5. The Morgan fingerprint density at radius 1 is 0.517 bits per heavy atom. The monoisotopic (exact) mass is 380 g/mol. The van der Waals surface area contributed by atoms with Gasteiger partial charge < -0.3 is 4.42 Å². The van der Waals surface area contributed by atoms with E-state index in [2.05, 4.69) is 62.4 Å². The molecule has 0 fully saturated rings. The van der Waals surface area contributed by atoms with Crippen molar-refractivity contribution < 1.29 is 4.42 Å². The van der Waals surface area contributed by atoms with Gasteiger partial charge in [0.05, 0.1) is 0 Å². The Morgan fingerprint density at radius 2 is 1.00 bits per heavy atom. The van der Waals surface area contributed by atoms with Crippen LogP contribution in [0.4, 0.5) is 0 Å². The third-order valence-corrected chi connectivity index (χ3v) is 5.17. The number of hydrogen-bond donors (Lipinski definition) is 0. The Hall–Kier alpha value is -3.39. The lowest BCUT2D eigenvalue weighted by molar-refractivity contribution is 0.555. The van der Waals surface area contributed by atoms with Gasteiger partial charge in [0, 0.05) is 10.9 Å². The molecule has 1 aromatic heterocycles. The smallest absolute Gasteiger partial charge is 0.339 e. The molecule has 0 unspecified atom stereocenters. The van der Waals surface area contributed by atoms with E-state index in [0.717, 1.165) is 5.39 Å². The molecule has 29 heavy (non-hydrogen) atoms. The van der Waals surface area contributed by atoms with Gasteiger partial charge in [0.2, 0.25) is 0 Å². The van der Waals surface area contributed by atoms with Gasteiger partial charge in [0.1, 0.15) is 5.58 Å². The number of fused-ring (bicyclic) bond motifs is 3. The van der Waals surface area contributed by atoms with E-state index >= 15 is 0 Å². The van der Waals surface area contributed by atoms with Crippen molar-refractivity contribution in [1.82, 2.24) is 0 Å². The van der Waals surface area contributed by atoms with Gasteiger partial charge in [-0.05, 0) is 79.6 Å². The van der Waals surface area contributed by atoms with Crippen molar-refractivity contribution in [3.8, 4) is 0 Å². The van der Waals surface area contributed by atoms with Crippen molar-refractivity contribution in [3.05, 3.63) is 105 Å². The second-order valence-corrected chi connectivity index (χ2v) is 7.81. The Morgan fingerprint density at radius 3 is 1.59 bits per heavy atom. The molecular weight excluding hydrogens is 356 g/mol. The Kier molecular flexibility index (Phi) is 4.94. The molecular formula is C27H24O2. The fraction of sp³-hybridized carbons (Fsp3) is 0.148. The zero-order valence-corrected chi connectivity index (χ0v) is 17.2. The lowest BCUT2D eigenvalue weighted by Gasteiger charge is -2.04. The van der Waals surface area contributed by atoms with Crippen molar-refractivity contribution in [2.45, 2.75) is 27.7 Å².